The van der Waals surface area contributed by atoms with Gasteiger partial charge >= 0.3 is 24.4 Å². The minimum absolute atomic E-state index is 0.0499. The number of rotatable bonds is 18. The first-order chi connectivity index (χ1) is 44.1. The Morgan fingerprint density at radius 1 is 0.591 bits per heavy atom. The smallest absolute Gasteiger partial charge is 0.414 e. The lowest BCUT2D eigenvalue weighted by atomic mass is 10.1. The second kappa shape index (κ2) is 35.3. The first-order valence-corrected chi connectivity index (χ1v) is 32.0. The topological polar surface area (TPSA) is 241 Å². The van der Waals surface area contributed by atoms with Crippen molar-refractivity contribution in [1.29, 1.82) is 0 Å². The maximum Gasteiger partial charge on any atom is 0.414 e. The summed E-state index contributed by atoms with van der Waals surface area (Å²) >= 11 is 2.24. The van der Waals surface area contributed by atoms with Crippen molar-refractivity contribution in [3.8, 4) is 24.2 Å². The highest BCUT2D eigenvalue weighted by Gasteiger charge is 2.35. The molecule has 0 saturated carbocycles. The summed E-state index contributed by atoms with van der Waals surface area (Å²) in [4.78, 5) is 105. The van der Waals surface area contributed by atoms with Gasteiger partial charge in [-0.3, -0.25) is 29.0 Å². The molecule has 2 atom stereocenters. The number of ether oxygens (including phenoxy) is 4. The molecule has 0 aliphatic carbocycles. The van der Waals surface area contributed by atoms with Crippen molar-refractivity contribution in [3.63, 3.8) is 0 Å². The predicted molar refractivity (Wildman–Crippen MR) is 358 cm³/mol. The Bertz CT molecular complexity index is 3380. The first kappa shape index (κ1) is 73.2. The number of nitrogens with zero attached hydrogens (tertiary/aromatic N) is 6. The zero-order valence-electron chi connectivity index (χ0n) is 54.2. The van der Waals surface area contributed by atoms with Gasteiger partial charge in [-0.25, -0.2) is 28.0 Å². The van der Waals surface area contributed by atoms with Gasteiger partial charge in [-0.2, -0.15) is 0 Å². The van der Waals surface area contributed by atoms with Crippen molar-refractivity contribution < 1.29 is 66.1 Å². The fraction of sp³-hybridized carbons (Fsp3) is 0.471. The van der Waals surface area contributed by atoms with E-state index in [9.17, 15) is 42.7 Å². The highest BCUT2D eigenvalue weighted by atomic mass is 127. The lowest BCUT2D eigenvalue weighted by Crippen LogP contribution is -2.49. The monoisotopic (exact) mass is 1400 g/mol. The van der Waals surface area contributed by atoms with Crippen LogP contribution in [0.4, 0.5) is 50.7 Å². The zero-order chi connectivity index (χ0) is 67.8. The molecular formula is C68H85F2IN10O12. The van der Waals surface area contributed by atoms with Gasteiger partial charge in [0.05, 0.1) is 48.9 Å². The van der Waals surface area contributed by atoms with Gasteiger partial charge in [0.25, 0.3) is 0 Å². The third kappa shape index (κ3) is 24.9. The van der Waals surface area contributed by atoms with Crippen LogP contribution in [0.3, 0.4) is 0 Å². The standard InChI is InChI=1S/C34H42FN5O6.C22H27FN4O4.C12H16INO2/c1-24(41)36-22-28-23-40(33(44)45-28)27-13-14-30(29(35)20-27)38-15-17-39(18-16-38)31(42)12-7-5-6-9-25-10-8-11-26(19-25)21-37-32(43)46-34(2,3)4;1-3-4-5-6-21(29)26-11-9-25(10-12-26)20-8-7-17(13-19(20)23)27-15-18(31-22(27)30)14-24-16(2)28;1-12(2,3)16-11(15)14-8-9-5-4-6-10(13)7-9/h8,10-11,13-14,19-20,28H,5,7,12,15-18,21-23H2,1-4H3,(H,36,41)(H,37,43);1,7-8,13,18H,4-6,9-12,14-15H2,2H3,(H,24,28);4-7H,8H2,1-3H3,(H,14,15). The average Bonchev–Trinajstić information content (AvgIpc) is 1.81. The van der Waals surface area contributed by atoms with Crippen LogP contribution in [-0.4, -0.2) is 160 Å². The van der Waals surface area contributed by atoms with Crippen molar-refractivity contribution in [1.82, 2.24) is 31.1 Å². The number of piperazine rings is 2. The number of hydrogen-bond donors (Lipinski definition) is 4. The highest BCUT2D eigenvalue weighted by molar-refractivity contribution is 14.1. The van der Waals surface area contributed by atoms with Crippen molar-refractivity contribution in [2.75, 3.05) is 98.1 Å². The molecule has 0 spiro atoms. The van der Waals surface area contributed by atoms with E-state index >= 15 is 4.39 Å². The Balaban J connectivity index is 0.000000250. The SMILES string of the molecule is C#CCCCC(=O)N1CCN(c2ccc(N3CC(CNC(C)=O)OC3=O)cc2F)CC1.CC(=O)NCC1CN(c2ccc(N3CCN(C(=O)CCCC#Cc4cccc(CNC(=O)OC(C)(C)C)c4)CC3)c(F)c2)C(=O)O1.CC(C)(C)OC(=O)NCc1cccc(I)c1. The van der Waals surface area contributed by atoms with E-state index < -0.39 is 53.3 Å². The van der Waals surface area contributed by atoms with E-state index in [4.69, 9.17) is 25.4 Å². The summed E-state index contributed by atoms with van der Waals surface area (Å²) in [5.41, 5.74) is 3.44. The number of benzene rings is 4. The van der Waals surface area contributed by atoms with E-state index in [0.717, 1.165) is 20.3 Å². The van der Waals surface area contributed by atoms with E-state index in [1.54, 1.807) is 34.1 Å². The molecule has 25 heteroatoms. The molecule has 22 nitrogen and oxygen atoms in total. The number of nitrogens with one attached hydrogen (secondary N) is 4. The molecule has 4 aromatic carbocycles. The first-order valence-electron chi connectivity index (χ1n) is 30.9. The molecule has 0 radical (unpaired) electrons. The van der Waals surface area contributed by atoms with Crippen molar-refractivity contribution in [2.45, 2.75) is 130 Å². The molecule has 8 amide bonds. The van der Waals surface area contributed by atoms with Crippen LogP contribution in [0.1, 0.15) is 111 Å². The van der Waals surface area contributed by atoms with Crippen LogP contribution in [-0.2, 0) is 51.2 Å². The Labute approximate surface area is 557 Å². The summed E-state index contributed by atoms with van der Waals surface area (Å²) in [6, 6.07) is 24.8. The van der Waals surface area contributed by atoms with Crippen molar-refractivity contribution in [2.24, 2.45) is 0 Å². The fourth-order valence-electron chi connectivity index (χ4n) is 9.96. The van der Waals surface area contributed by atoms with Gasteiger partial charge in [0, 0.05) is 114 Å². The zero-order valence-corrected chi connectivity index (χ0v) is 56.3. The van der Waals surface area contributed by atoms with E-state index in [2.05, 4.69) is 61.6 Å². The third-order valence-corrected chi connectivity index (χ3v) is 15.1. The number of alkyl carbamates (subject to hydrolysis) is 2. The number of anilines is 4. The van der Waals surface area contributed by atoms with Gasteiger partial charge in [-0.1, -0.05) is 36.1 Å². The lowest BCUT2D eigenvalue weighted by Gasteiger charge is -2.36. The Kier molecular flexibility index (Phi) is 27.8. The van der Waals surface area contributed by atoms with Crippen LogP contribution in [0.5, 0.6) is 0 Å². The van der Waals surface area contributed by atoms with Gasteiger partial charge in [-0.15, -0.1) is 12.3 Å². The average molecular weight is 1400 g/mol. The van der Waals surface area contributed by atoms with Crippen LogP contribution in [0.25, 0.3) is 0 Å². The maximum absolute atomic E-state index is 15.1. The summed E-state index contributed by atoms with van der Waals surface area (Å²) in [6.07, 6.45) is 5.50. The molecule has 4 saturated heterocycles. The van der Waals surface area contributed by atoms with Gasteiger partial charge in [-0.05, 0) is 149 Å². The summed E-state index contributed by atoms with van der Waals surface area (Å²) in [6.45, 7) is 19.5. The molecule has 4 aliphatic heterocycles. The second-order valence-electron chi connectivity index (χ2n) is 24.4. The van der Waals surface area contributed by atoms with Gasteiger partial charge in [0.2, 0.25) is 23.6 Å². The molecule has 2 unspecified atom stereocenters. The molecule has 500 valence electrons. The number of hydrogen-bond acceptors (Lipinski definition) is 14. The third-order valence-electron chi connectivity index (χ3n) is 14.5. The molecule has 93 heavy (non-hydrogen) atoms. The number of carbonyl (C=O) groups is 8. The largest absolute Gasteiger partial charge is 0.444 e. The Morgan fingerprint density at radius 2 is 1.02 bits per heavy atom. The summed E-state index contributed by atoms with van der Waals surface area (Å²) in [7, 11) is 0. The normalized spacial score (nSPS) is 16.2. The minimum Gasteiger partial charge on any atom is -0.444 e. The number of halogens is 3. The molecule has 4 aromatic rings. The molecule has 4 fully saturated rings. The Morgan fingerprint density at radius 3 is 1.43 bits per heavy atom. The van der Waals surface area contributed by atoms with Crippen LogP contribution in [0.2, 0.25) is 0 Å². The van der Waals surface area contributed by atoms with Crippen LogP contribution in [0.15, 0.2) is 84.9 Å². The minimum atomic E-state index is -0.584. The number of unbranched alkanes of at least 4 members (excludes halogenated alkanes) is 2. The van der Waals surface area contributed by atoms with E-state index in [1.165, 1.54) is 35.8 Å². The summed E-state index contributed by atoms with van der Waals surface area (Å²) in [5.74, 6) is 7.58. The summed E-state index contributed by atoms with van der Waals surface area (Å²) < 4.78 is 52.0. The molecule has 4 aliphatic rings. The van der Waals surface area contributed by atoms with E-state index in [-0.39, 0.29) is 55.9 Å². The van der Waals surface area contributed by atoms with Crippen LogP contribution < -0.4 is 40.9 Å². The molecule has 4 N–H and O–H groups in total. The van der Waals surface area contributed by atoms with Gasteiger partial charge < -0.3 is 59.8 Å². The number of amides is 8. The van der Waals surface area contributed by atoms with Gasteiger partial charge in [0.15, 0.2) is 0 Å². The maximum atomic E-state index is 15.1. The molecular weight excluding hydrogens is 1310 g/mol. The van der Waals surface area contributed by atoms with E-state index in [1.807, 2.05) is 99.9 Å². The number of cyclic esters (lactones) is 2. The van der Waals surface area contributed by atoms with Gasteiger partial charge in [0.1, 0.15) is 35.0 Å². The van der Waals surface area contributed by atoms with Crippen molar-refractivity contribution in [3.05, 3.63) is 117 Å². The second-order valence-corrected chi connectivity index (χ2v) is 25.6. The predicted octanol–water partition coefficient (Wildman–Crippen LogP) is 9.24. The summed E-state index contributed by atoms with van der Waals surface area (Å²) in [5, 5.41) is 10.7. The quantitative estimate of drug-likeness (QED) is 0.0314. The van der Waals surface area contributed by atoms with Crippen LogP contribution >= 0.6 is 22.6 Å². The highest BCUT2D eigenvalue weighted by Crippen LogP contribution is 2.31. The molecule has 4 heterocycles. The molecule has 8 rings (SSSR count). The van der Waals surface area contributed by atoms with Crippen molar-refractivity contribution >= 4 is 93.3 Å². The molecule has 0 aromatic heterocycles. The Hall–Kier alpha value is -8.85. The number of terminal acetylenes is 1. The fourth-order valence-corrected chi connectivity index (χ4v) is 10.6. The number of carbonyl (C=O) groups excluding carboxylic acids is 8. The van der Waals surface area contributed by atoms with Crippen LogP contribution in [0, 0.1) is 39.4 Å². The van der Waals surface area contributed by atoms with E-state index in [0.29, 0.717) is 127 Å². The molecule has 0 bridgehead atoms. The lowest BCUT2D eigenvalue weighted by molar-refractivity contribution is -0.132.